The van der Waals surface area contributed by atoms with E-state index in [1.165, 1.54) is 18.2 Å². The highest BCUT2D eigenvalue weighted by Gasteiger charge is 2.35. The first-order valence-corrected chi connectivity index (χ1v) is 18.7. The summed E-state index contributed by atoms with van der Waals surface area (Å²) in [5, 5.41) is 12.9. The number of nitriles is 1. The van der Waals surface area contributed by atoms with E-state index in [0.717, 1.165) is 17.2 Å². The van der Waals surface area contributed by atoms with Gasteiger partial charge in [0, 0.05) is 54.7 Å². The molecule has 5 aromatic carbocycles. The normalized spacial score (nSPS) is 12.3. The summed E-state index contributed by atoms with van der Waals surface area (Å²) in [4.78, 5) is 20.5. The Morgan fingerprint density at radius 1 is 0.930 bits per heavy atom. The summed E-state index contributed by atoms with van der Waals surface area (Å²) in [6, 6.07) is 37.1. The van der Waals surface area contributed by atoms with E-state index in [2.05, 4.69) is 16.4 Å². The number of benzene rings is 5. The van der Waals surface area contributed by atoms with E-state index in [9.17, 15) is 23.2 Å². The summed E-state index contributed by atoms with van der Waals surface area (Å²) >= 11 is 11.9. The van der Waals surface area contributed by atoms with Crippen molar-refractivity contribution in [3.8, 4) is 11.8 Å². The molecule has 57 heavy (non-hydrogen) atoms. The molecule has 0 aliphatic rings. The highest BCUT2D eigenvalue weighted by molar-refractivity contribution is 7.80. The van der Waals surface area contributed by atoms with Crippen LogP contribution in [0.25, 0.3) is 0 Å². The molecule has 290 valence electrons. The molecule has 6 aromatic rings. The molecule has 0 bridgehead atoms. The number of nitrogens with two attached hydrogens (primary N) is 1. The van der Waals surface area contributed by atoms with Crippen LogP contribution in [-0.2, 0) is 37.1 Å². The number of aromatic nitrogens is 2. The first-order valence-electron chi connectivity index (χ1n) is 18.0. The number of carbonyl (C=O) groups is 1. The molecule has 2 atom stereocenters. The second kappa shape index (κ2) is 18.8. The van der Waals surface area contributed by atoms with Gasteiger partial charge in [-0.3, -0.25) is 4.79 Å². The van der Waals surface area contributed by atoms with E-state index in [-0.39, 0.29) is 36.0 Å². The fourth-order valence-corrected chi connectivity index (χ4v) is 6.72. The highest BCUT2D eigenvalue weighted by Crippen LogP contribution is 2.33. The number of nitrogens with zero attached hydrogens (tertiary/aromatic N) is 4. The number of anilines is 1. The standard InChI is InChI=1S/C44H38ClF3N6O2S/c45-35-16-18-36(19-17-35)52-43(57)53(26-34-8-4-5-9-40(34)44(46,47)48)27-39(42(50)33-14-20-38(21-15-33)56-28-32-6-2-1-3-7-32)41(55)22-37-24-51-29-54(37)25-31-12-10-30(23-49)11-13-31/h1-21,24,29,39,42H,22,25-28,50H2,(H,52,57)/t39-,42?/m1/s1. The van der Waals surface area contributed by atoms with Crippen LogP contribution in [0.3, 0.4) is 0 Å². The summed E-state index contributed by atoms with van der Waals surface area (Å²) < 4.78 is 50.6. The van der Waals surface area contributed by atoms with Crippen molar-refractivity contribution in [2.75, 3.05) is 11.9 Å². The van der Waals surface area contributed by atoms with Gasteiger partial charge in [-0.1, -0.05) is 84.4 Å². The van der Waals surface area contributed by atoms with Crippen LogP contribution in [-0.4, -0.2) is 31.9 Å². The Hall–Kier alpha value is -6.00. The van der Waals surface area contributed by atoms with Crippen LogP contribution < -0.4 is 15.8 Å². The van der Waals surface area contributed by atoms with Gasteiger partial charge in [-0.2, -0.15) is 18.4 Å². The molecule has 0 saturated carbocycles. The second-order valence-electron chi connectivity index (χ2n) is 13.4. The molecule has 0 fully saturated rings. The summed E-state index contributed by atoms with van der Waals surface area (Å²) in [6.45, 7) is 0.358. The van der Waals surface area contributed by atoms with Crippen LogP contribution in [0, 0.1) is 17.2 Å². The summed E-state index contributed by atoms with van der Waals surface area (Å²) in [5.74, 6) is -0.623. The van der Waals surface area contributed by atoms with E-state index >= 15 is 0 Å². The number of Topliss-reactive ketones (excluding diaryl/α,β-unsaturated/α-hetero) is 1. The molecule has 3 N–H and O–H groups in total. The van der Waals surface area contributed by atoms with Crippen LogP contribution in [0.15, 0.2) is 140 Å². The number of thiocarbonyl (C=S) groups is 1. The Bertz CT molecular complexity index is 2310. The molecule has 0 radical (unpaired) electrons. The number of hydrogen-bond acceptors (Lipinski definition) is 6. The lowest BCUT2D eigenvalue weighted by atomic mass is 9.87. The third-order valence-electron chi connectivity index (χ3n) is 9.43. The number of halogens is 4. The van der Waals surface area contributed by atoms with Crippen molar-refractivity contribution < 1.29 is 22.7 Å². The van der Waals surface area contributed by atoms with Crippen molar-refractivity contribution in [2.45, 2.75) is 38.3 Å². The van der Waals surface area contributed by atoms with Gasteiger partial charge in [-0.25, -0.2) is 4.98 Å². The van der Waals surface area contributed by atoms with Gasteiger partial charge in [0.2, 0.25) is 0 Å². The third kappa shape index (κ3) is 11.1. The molecule has 0 aliphatic carbocycles. The minimum atomic E-state index is -4.63. The van der Waals surface area contributed by atoms with Crippen LogP contribution in [0.4, 0.5) is 18.9 Å². The zero-order chi connectivity index (χ0) is 40.4. The smallest absolute Gasteiger partial charge is 0.416 e. The van der Waals surface area contributed by atoms with Crippen LogP contribution in [0.5, 0.6) is 5.75 Å². The van der Waals surface area contributed by atoms with E-state index in [0.29, 0.717) is 46.4 Å². The van der Waals surface area contributed by atoms with Crippen LogP contribution in [0.2, 0.25) is 5.02 Å². The molecule has 0 saturated heterocycles. The van der Waals surface area contributed by atoms with E-state index in [4.69, 9.17) is 34.3 Å². The van der Waals surface area contributed by atoms with Gasteiger partial charge in [0.25, 0.3) is 0 Å². The number of imidazole rings is 1. The Morgan fingerprint density at radius 3 is 2.30 bits per heavy atom. The molecule has 13 heteroatoms. The number of ether oxygens (including phenoxy) is 1. The Kier molecular flexibility index (Phi) is 13.4. The maximum Gasteiger partial charge on any atom is 0.416 e. The SMILES string of the molecule is N#Cc1ccc(Cn2cncc2CC(=O)[C@@H](CN(Cc2ccccc2C(F)(F)F)C(=S)Nc2ccc(Cl)cc2)C(N)c2ccc(OCc3ccccc3)cc2)cc1. The first kappa shape index (κ1) is 40.7. The van der Waals surface area contributed by atoms with Crippen molar-refractivity contribution in [1.29, 1.82) is 5.26 Å². The largest absolute Gasteiger partial charge is 0.489 e. The average Bonchev–Trinajstić information content (AvgIpc) is 3.65. The third-order valence-corrected chi connectivity index (χ3v) is 10.0. The van der Waals surface area contributed by atoms with Gasteiger partial charge in [-0.05, 0) is 89.1 Å². The van der Waals surface area contributed by atoms with Crippen LogP contribution in [0.1, 0.15) is 45.1 Å². The molecule has 1 aromatic heterocycles. The molecular weight excluding hydrogens is 769 g/mol. The van der Waals surface area contributed by atoms with Gasteiger partial charge >= 0.3 is 6.18 Å². The molecule has 6 rings (SSSR count). The maximum absolute atomic E-state index is 14.6. The second-order valence-corrected chi connectivity index (χ2v) is 14.2. The number of hydrogen-bond donors (Lipinski definition) is 2. The number of nitrogens with one attached hydrogen (secondary N) is 1. The minimum absolute atomic E-state index is 0.0227. The zero-order valence-corrected chi connectivity index (χ0v) is 32.1. The molecule has 8 nitrogen and oxygen atoms in total. The van der Waals surface area contributed by atoms with Gasteiger partial charge in [-0.15, -0.1) is 0 Å². The molecule has 0 aliphatic heterocycles. The molecule has 0 spiro atoms. The average molecular weight is 807 g/mol. The predicted molar refractivity (Wildman–Crippen MR) is 218 cm³/mol. The van der Waals surface area contributed by atoms with Gasteiger partial charge in [0.15, 0.2) is 5.11 Å². The van der Waals surface area contributed by atoms with Crippen LogP contribution >= 0.6 is 23.8 Å². The minimum Gasteiger partial charge on any atom is -0.489 e. The summed E-state index contributed by atoms with van der Waals surface area (Å²) in [6.07, 6.45) is -1.48. The topological polar surface area (TPSA) is 109 Å². The number of ketones is 1. The quantitative estimate of drug-likeness (QED) is 0.0989. The highest BCUT2D eigenvalue weighted by atomic mass is 35.5. The fourth-order valence-electron chi connectivity index (χ4n) is 6.34. The summed E-state index contributed by atoms with van der Waals surface area (Å²) in [5.41, 5.74) is 10.4. The van der Waals surface area contributed by atoms with E-state index in [1.54, 1.807) is 78.1 Å². The van der Waals surface area contributed by atoms with Crippen molar-refractivity contribution in [3.63, 3.8) is 0 Å². The van der Waals surface area contributed by atoms with Crippen molar-refractivity contribution in [3.05, 3.63) is 184 Å². The predicted octanol–water partition coefficient (Wildman–Crippen LogP) is 9.38. The molecular formula is C44H38ClF3N6O2S. The number of carbonyl (C=O) groups excluding carboxylic acids is 1. The van der Waals surface area contributed by atoms with Crippen molar-refractivity contribution in [1.82, 2.24) is 14.5 Å². The fraction of sp³-hybridized carbons (Fsp3) is 0.182. The Labute approximate surface area is 339 Å². The lowest BCUT2D eigenvalue weighted by Gasteiger charge is -2.33. The maximum atomic E-state index is 14.6. The first-order chi connectivity index (χ1) is 27.5. The van der Waals surface area contributed by atoms with Crippen molar-refractivity contribution >= 4 is 40.4 Å². The number of alkyl halides is 3. The van der Waals surface area contributed by atoms with Gasteiger partial charge < -0.3 is 25.3 Å². The molecule has 1 heterocycles. The number of rotatable bonds is 15. The van der Waals surface area contributed by atoms with Gasteiger partial charge in [0.05, 0.1) is 29.4 Å². The lowest BCUT2D eigenvalue weighted by Crippen LogP contribution is -2.44. The monoisotopic (exact) mass is 806 g/mol. The Morgan fingerprint density at radius 2 is 1.61 bits per heavy atom. The van der Waals surface area contributed by atoms with E-state index in [1.807, 2.05) is 47.0 Å². The molecule has 1 unspecified atom stereocenters. The zero-order valence-electron chi connectivity index (χ0n) is 30.6. The lowest BCUT2D eigenvalue weighted by molar-refractivity contribution is -0.138. The Balaban J connectivity index is 1.32. The van der Waals surface area contributed by atoms with E-state index < -0.39 is 23.7 Å². The van der Waals surface area contributed by atoms with Crippen molar-refractivity contribution in [2.24, 2.45) is 11.7 Å². The van der Waals surface area contributed by atoms with Gasteiger partial charge in [0.1, 0.15) is 18.1 Å². The summed E-state index contributed by atoms with van der Waals surface area (Å²) in [7, 11) is 0. The molecule has 0 amide bonds.